The van der Waals surface area contributed by atoms with Gasteiger partial charge in [0.05, 0.1) is 5.75 Å². The van der Waals surface area contributed by atoms with Crippen molar-refractivity contribution >= 4 is 17.7 Å². The van der Waals surface area contributed by atoms with Gasteiger partial charge in [0.25, 0.3) is 0 Å². The lowest BCUT2D eigenvalue weighted by molar-refractivity contribution is -0.137. The van der Waals surface area contributed by atoms with Gasteiger partial charge < -0.3 is 15.4 Å². The molecule has 1 unspecified atom stereocenters. The van der Waals surface area contributed by atoms with Crippen molar-refractivity contribution in [2.24, 2.45) is 5.73 Å². The van der Waals surface area contributed by atoms with E-state index >= 15 is 0 Å². The molecule has 0 bridgehead atoms. The zero-order chi connectivity index (χ0) is 11.3. The van der Waals surface area contributed by atoms with Gasteiger partial charge >= 0.3 is 5.97 Å². The molecule has 0 fully saturated rings. The van der Waals surface area contributed by atoms with E-state index in [2.05, 4.69) is 10.1 Å². The second kappa shape index (κ2) is 5.72. The van der Waals surface area contributed by atoms with E-state index in [0.29, 0.717) is 23.2 Å². The quantitative estimate of drug-likeness (QED) is 0.724. The number of aliphatic carboxylic acids is 1. The van der Waals surface area contributed by atoms with Gasteiger partial charge in [-0.25, -0.2) is 0 Å². The van der Waals surface area contributed by atoms with Gasteiger partial charge in [-0.1, -0.05) is 12.1 Å². The maximum Gasteiger partial charge on any atom is 0.321 e. The lowest BCUT2D eigenvalue weighted by atomic mass is 10.4. The summed E-state index contributed by atoms with van der Waals surface area (Å²) < 4.78 is 4.93. The third kappa shape index (κ3) is 3.88. The Morgan fingerprint density at radius 2 is 2.47 bits per heavy atom. The second-order valence-corrected chi connectivity index (χ2v) is 3.95. The third-order valence-corrected chi connectivity index (χ3v) is 2.71. The van der Waals surface area contributed by atoms with Crippen molar-refractivity contribution in [1.29, 1.82) is 0 Å². The SMILES string of the molecule is CCc1noc(CSCC(N)C(=O)O)n1. The molecule has 0 amide bonds. The van der Waals surface area contributed by atoms with Crippen molar-refractivity contribution in [3.05, 3.63) is 11.7 Å². The first-order valence-electron chi connectivity index (χ1n) is 4.51. The van der Waals surface area contributed by atoms with Crippen LogP contribution in [0.25, 0.3) is 0 Å². The average Bonchev–Trinajstić information content (AvgIpc) is 2.65. The molecule has 0 aliphatic carbocycles. The van der Waals surface area contributed by atoms with Crippen molar-refractivity contribution in [2.75, 3.05) is 5.75 Å². The van der Waals surface area contributed by atoms with Crippen molar-refractivity contribution < 1.29 is 14.4 Å². The molecule has 0 spiro atoms. The lowest BCUT2D eigenvalue weighted by Gasteiger charge is -2.03. The first-order chi connectivity index (χ1) is 7.13. The smallest absolute Gasteiger partial charge is 0.321 e. The van der Waals surface area contributed by atoms with Gasteiger partial charge in [-0.2, -0.15) is 4.98 Å². The van der Waals surface area contributed by atoms with E-state index in [0.717, 1.165) is 6.42 Å². The number of hydrogen-bond acceptors (Lipinski definition) is 6. The number of nitrogens with zero attached hydrogens (tertiary/aromatic N) is 2. The molecule has 0 aliphatic rings. The highest BCUT2D eigenvalue weighted by Crippen LogP contribution is 2.11. The highest BCUT2D eigenvalue weighted by atomic mass is 32.2. The van der Waals surface area contributed by atoms with Crippen LogP contribution in [0.2, 0.25) is 0 Å². The molecule has 15 heavy (non-hydrogen) atoms. The first-order valence-corrected chi connectivity index (χ1v) is 5.66. The Morgan fingerprint density at radius 1 is 1.73 bits per heavy atom. The molecule has 0 aromatic carbocycles. The predicted octanol–water partition coefficient (Wildman–Crippen LogP) is 0.277. The summed E-state index contributed by atoms with van der Waals surface area (Å²) in [6.07, 6.45) is 0.725. The number of carbonyl (C=O) groups is 1. The first kappa shape index (κ1) is 12.0. The molecule has 0 saturated heterocycles. The van der Waals surface area contributed by atoms with Gasteiger partial charge in [-0.05, 0) is 0 Å². The maximum atomic E-state index is 10.4. The highest BCUT2D eigenvalue weighted by Gasteiger charge is 2.12. The van der Waals surface area contributed by atoms with E-state index in [9.17, 15) is 4.79 Å². The number of aryl methyl sites for hydroxylation is 1. The molecule has 1 rings (SSSR count). The molecule has 0 saturated carbocycles. The van der Waals surface area contributed by atoms with Crippen molar-refractivity contribution in [3.63, 3.8) is 0 Å². The van der Waals surface area contributed by atoms with Crippen LogP contribution in [-0.4, -0.2) is 33.0 Å². The molecule has 6 nitrogen and oxygen atoms in total. The fourth-order valence-electron chi connectivity index (χ4n) is 0.837. The molecule has 84 valence electrons. The number of nitrogens with two attached hydrogens (primary N) is 1. The van der Waals surface area contributed by atoms with Gasteiger partial charge in [0.15, 0.2) is 5.82 Å². The minimum atomic E-state index is -0.998. The minimum Gasteiger partial charge on any atom is -0.480 e. The summed E-state index contributed by atoms with van der Waals surface area (Å²) in [6.45, 7) is 1.93. The number of hydrogen-bond donors (Lipinski definition) is 2. The molecule has 0 radical (unpaired) electrons. The summed E-state index contributed by atoms with van der Waals surface area (Å²) in [5.74, 6) is 0.998. The minimum absolute atomic E-state index is 0.333. The fourth-order valence-corrected chi connectivity index (χ4v) is 1.64. The van der Waals surface area contributed by atoms with E-state index in [-0.39, 0.29) is 0 Å². The van der Waals surface area contributed by atoms with Gasteiger partial charge in [0.1, 0.15) is 6.04 Å². The summed E-state index contributed by atoms with van der Waals surface area (Å²) >= 11 is 1.36. The zero-order valence-electron chi connectivity index (χ0n) is 8.34. The van der Waals surface area contributed by atoms with E-state index in [1.54, 1.807) is 0 Å². The second-order valence-electron chi connectivity index (χ2n) is 2.92. The van der Waals surface area contributed by atoms with Crippen LogP contribution in [0.4, 0.5) is 0 Å². The molecule has 0 aliphatic heterocycles. The summed E-state index contributed by atoms with van der Waals surface area (Å²) in [6, 6.07) is -0.844. The summed E-state index contributed by atoms with van der Waals surface area (Å²) in [7, 11) is 0. The Morgan fingerprint density at radius 3 is 3.00 bits per heavy atom. The largest absolute Gasteiger partial charge is 0.480 e. The Hall–Kier alpha value is -1.08. The maximum absolute atomic E-state index is 10.4. The Labute approximate surface area is 91.2 Å². The van der Waals surface area contributed by atoms with Crippen LogP contribution in [-0.2, 0) is 17.0 Å². The van der Waals surface area contributed by atoms with Crippen LogP contribution >= 0.6 is 11.8 Å². The average molecular weight is 231 g/mol. The van der Waals surface area contributed by atoms with E-state index in [4.69, 9.17) is 15.4 Å². The number of aromatic nitrogens is 2. The topological polar surface area (TPSA) is 102 Å². The molecular weight excluding hydrogens is 218 g/mol. The van der Waals surface area contributed by atoms with Crippen LogP contribution in [0, 0.1) is 0 Å². The van der Waals surface area contributed by atoms with Crippen LogP contribution in [0.3, 0.4) is 0 Å². The van der Waals surface area contributed by atoms with Crippen molar-refractivity contribution in [2.45, 2.75) is 25.1 Å². The predicted molar refractivity (Wildman–Crippen MR) is 55.4 cm³/mol. The van der Waals surface area contributed by atoms with Crippen molar-refractivity contribution in [1.82, 2.24) is 10.1 Å². The molecule has 1 aromatic rings. The van der Waals surface area contributed by atoms with Crippen LogP contribution in [0.1, 0.15) is 18.6 Å². The Bertz CT molecular complexity index is 329. The van der Waals surface area contributed by atoms with Crippen LogP contribution < -0.4 is 5.73 Å². The molecule has 7 heteroatoms. The molecule has 1 atom stereocenters. The summed E-state index contributed by atoms with van der Waals surface area (Å²) in [5.41, 5.74) is 5.32. The highest BCUT2D eigenvalue weighted by molar-refractivity contribution is 7.98. The standard InChI is InChI=1S/C8H13N3O3S/c1-2-6-10-7(14-11-6)4-15-3-5(9)8(12)13/h5H,2-4,9H2,1H3,(H,12,13). The van der Waals surface area contributed by atoms with Gasteiger partial charge in [0.2, 0.25) is 5.89 Å². The monoisotopic (exact) mass is 231 g/mol. The third-order valence-electron chi connectivity index (χ3n) is 1.67. The molecule has 1 heterocycles. The number of carboxylic acid groups (broad SMARTS) is 1. The number of carboxylic acids is 1. The van der Waals surface area contributed by atoms with Crippen molar-refractivity contribution in [3.8, 4) is 0 Å². The molecular formula is C8H13N3O3S. The Balaban J connectivity index is 2.28. The van der Waals surface area contributed by atoms with E-state index < -0.39 is 12.0 Å². The van der Waals surface area contributed by atoms with Gasteiger partial charge in [-0.3, -0.25) is 4.79 Å². The summed E-state index contributed by atoms with van der Waals surface area (Å²) in [4.78, 5) is 14.5. The van der Waals surface area contributed by atoms with Crippen LogP contribution in [0.5, 0.6) is 0 Å². The van der Waals surface area contributed by atoms with E-state index in [1.165, 1.54) is 11.8 Å². The van der Waals surface area contributed by atoms with Crippen LogP contribution in [0.15, 0.2) is 4.52 Å². The van der Waals surface area contributed by atoms with Gasteiger partial charge in [0, 0.05) is 12.2 Å². The zero-order valence-corrected chi connectivity index (χ0v) is 9.16. The summed E-state index contributed by atoms with van der Waals surface area (Å²) in [5, 5.41) is 12.3. The molecule has 3 N–H and O–H groups in total. The normalized spacial score (nSPS) is 12.7. The Kier molecular flexibility index (Phi) is 4.57. The molecule has 1 aromatic heterocycles. The number of rotatable bonds is 6. The fraction of sp³-hybridized carbons (Fsp3) is 0.625. The lowest BCUT2D eigenvalue weighted by Crippen LogP contribution is -2.32. The van der Waals surface area contributed by atoms with E-state index in [1.807, 2.05) is 6.92 Å². The van der Waals surface area contributed by atoms with Gasteiger partial charge in [-0.15, -0.1) is 11.8 Å². The number of thioether (sulfide) groups is 1.